The SMILES string of the molecule is Clc1cnc2nc1Nc1cccc(c1)CCOc1cccc(c1)N2. The van der Waals surface area contributed by atoms with Crippen LogP contribution in [0.1, 0.15) is 5.56 Å². The third-order valence-corrected chi connectivity index (χ3v) is 3.96. The van der Waals surface area contributed by atoms with Crippen LogP contribution in [0.15, 0.2) is 54.7 Å². The molecule has 0 unspecified atom stereocenters. The van der Waals surface area contributed by atoms with Gasteiger partial charge in [0.25, 0.3) is 0 Å². The predicted octanol–water partition coefficient (Wildman–Crippen LogP) is 4.55. The first kappa shape index (κ1) is 14.8. The highest BCUT2D eigenvalue weighted by Crippen LogP contribution is 2.27. The normalized spacial score (nSPS) is 13.0. The molecule has 4 rings (SSSR count). The number of aromatic nitrogens is 2. The highest BCUT2D eigenvalue weighted by atomic mass is 35.5. The van der Waals surface area contributed by atoms with Gasteiger partial charge in [0, 0.05) is 23.9 Å². The molecule has 1 aromatic heterocycles. The molecule has 120 valence electrons. The van der Waals surface area contributed by atoms with Crippen molar-refractivity contribution in [3.63, 3.8) is 0 Å². The third-order valence-electron chi connectivity index (χ3n) is 3.68. The topological polar surface area (TPSA) is 59.1 Å². The average molecular weight is 339 g/mol. The number of hydrogen-bond donors (Lipinski definition) is 2. The number of hydrogen-bond acceptors (Lipinski definition) is 5. The third kappa shape index (κ3) is 3.26. The molecular weight excluding hydrogens is 324 g/mol. The fraction of sp³-hybridized carbons (Fsp3) is 0.111. The molecule has 2 heterocycles. The molecule has 1 aliphatic heterocycles. The number of anilines is 4. The molecule has 0 amide bonds. The van der Waals surface area contributed by atoms with Crippen LogP contribution in [-0.2, 0) is 6.42 Å². The lowest BCUT2D eigenvalue weighted by molar-refractivity contribution is 0.322. The molecule has 24 heavy (non-hydrogen) atoms. The van der Waals surface area contributed by atoms with Crippen LogP contribution in [0.3, 0.4) is 0 Å². The summed E-state index contributed by atoms with van der Waals surface area (Å²) in [7, 11) is 0. The molecule has 2 aromatic carbocycles. The summed E-state index contributed by atoms with van der Waals surface area (Å²) in [4.78, 5) is 8.69. The number of halogens is 1. The molecule has 6 bridgehead atoms. The van der Waals surface area contributed by atoms with Gasteiger partial charge in [-0.05, 0) is 29.8 Å². The van der Waals surface area contributed by atoms with Crippen molar-refractivity contribution in [1.29, 1.82) is 0 Å². The van der Waals surface area contributed by atoms with Gasteiger partial charge in [0.1, 0.15) is 10.8 Å². The first-order chi connectivity index (χ1) is 11.8. The summed E-state index contributed by atoms with van der Waals surface area (Å²) < 4.78 is 5.84. The van der Waals surface area contributed by atoms with E-state index in [1.807, 2.05) is 36.4 Å². The summed E-state index contributed by atoms with van der Waals surface area (Å²) in [6.45, 7) is 0.607. The fourth-order valence-electron chi connectivity index (χ4n) is 2.54. The quantitative estimate of drug-likeness (QED) is 0.629. The summed E-state index contributed by atoms with van der Waals surface area (Å²) >= 11 is 6.22. The predicted molar refractivity (Wildman–Crippen MR) is 95.7 cm³/mol. The van der Waals surface area contributed by atoms with E-state index in [4.69, 9.17) is 16.3 Å². The van der Waals surface area contributed by atoms with Gasteiger partial charge in [0.2, 0.25) is 5.95 Å². The molecule has 0 fully saturated rings. The van der Waals surface area contributed by atoms with Crippen LogP contribution in [0.25, 0.3) is 0 Å². The minimum absolute atomic E-state index is 0.465. The zero-order valence-electron chi connectivity index (χ0n) is 12.8. The lowest BCUT2D eigenvalue weighted by Crippen LogP contribution is -2.05. The minimum Gasteiger partial charge on any atom is -0.493 e. The van der Waals surface area contributed by atoms with Crippen molar-refractivity contribution in [2.75, 3.05) is 17.2 Å². The van der Waals surface area contributed by atoms with Crippen LogP contribution in [0.4, 0.5) is 23.1 Å². The van der Waals surface area contributed by atoms with Crippen molar-refractivity contribution in [2.24, 2.45) is 0 Å². The van der Waals surface area contributed by atoms with Crippen LogP contribution >= 0.6 is 11.6 Å². The first-order valence-corrected chi connectivity index (χ1v) is 8.02. The van der Waals surface area contributed by atoms with Gasteiger partial charge >= 0.3 is 0 Å². The van der Waals surface area contributed by atoms with Gasteiger partial charge in [-0.1, -0.05) is 29.8 Å². The van der Waals surface area contributed by atoms with E-state index in [2.05, 4.69) is 32.7 Å². The molecule has 1 aliphatic rings. The number of benzene rings is 2. The summed E-state index contributed by atoms with van der Waals surface area (Å²) in [6, 6.07) is 15.8. The summed E-state index contributed by atoms with van der Waals surface area (Å²) in [5, 5.41) is 6.89. The second-order valence-corrected chi connectivity index (χ2v) is 5.87. The van der Waals surface area contributed by atoms with E-state index in [9.17, 15) is 0 Å². The van der Waals surface area contributed by atoms with E-state index in [1.54, 1.807) is 6.20 Å². The van der Waals surface area contributed by atoms with E-state index >= 15 is 0 Å². The van der Waals surface area contributed by atoms with E-state index in [0.29, 0.717) is 23.4 Å². The zero-order valence-corrected chi connectivity index (χ0v) is 13.5. The van der Waals surface area contributed by atoms with Crippen molar-refractivity contribution in [3.8, 4) is 5.75 Å². The Morgan fingerprint density at radius 1 is 1.00 bits per heavy atom. The molecule has 0 spiro atoms. The Morgan fingerprint density at radius 2 is 1.83 bits per heavy atom. The number of nitrogens with zero attached hydrogens (tertiary/aromatic N) is 2. The molecule has 6 heteroatoms. The maximum absolute atomic E-state index is 6.22. The molecule has 3 aromatic rings. The van der Waals surface area contributed by atoms with E-state index in [0.717, 1.165) is 23.5 Å². The second kappa shape index (κ2) is 6.37. The monoisotopic (exact) mass is 338 g/mol. The van der Waals surface area contributed by atoms with E-state index in [-0.39, 0.29) is 0 Å². The van der Waals surface area contributed by atoms with Gasteiger partial charge in [-0.15, -0.1) is 0 Å². The number of fused-ring (bicyclic) bond motifs is 6. The molecule has 0 saturated carbocycles. The van der Waals surface area contributed by atoms with E-state index < -0.39 is 0 Å². The molecule has 2 N–H and O–H groups in total. The summed E-state index contributed by atoms with van der Waals surface area (Å²) in [5.41, 5.74) is 2.96. The molecule has 0 aliphatic carbocycles. The molecule has 5 nitrogen and oxygen atoms in total. The van der Waals surface area contributed by atoms with Crippen LogP contribution in [0, 0.1) is 0 Å². The maximum atomic E-state index is 6.22. The van der Waals surface area contributed by atoms with Crippen molar-refractivity contribution in [1.82, 2.24) is 9.97 Å². The lowest BCUT2D eigenvalue weighted by Gasteiger charge is -2.13. The zero-order chi connectivity index (χ0) is 16.4. The smallest absolute Gasteiger partial charge is 0.229 e. The Labute approximate surface area is 144 Å². The Morgan fingerprint density at radius 3 is 2.75 bits per heavy atom. The Hall–Kier alpha value is -2.79. The van der Waals surface area contributed by atoms with Gasteiger partial charge in [0.05, 0.1) is 12.8 Å². The first-order valence-electron chi connectivity index (χ1n) is 7.65. The Balaban J connectivity index is 1.77. The minimum atomic E-state index is 0.465. The van der Waals surface area contributed by atoms with Crippen LogP contribution in [0.5, 0.6) is 5.75 Å². The van der Waals surface area contributed by atoms with Crippen molar-refractivity contribution in [2.45, 2.75) is 6.42 Å². The van der Waals surface area contributed by atoms with Gasteiger partial charge < -0.3 is 15.4 Å². The fourth-order valence-corrected chi connectivity index (χ4v) is 2.67. The number of nitrogens with one attached hydrogen (secondary N) is 2. The summed E-state index contributed by atoms with van der Waals surface area (Å²) in [5.74, 6) is 1.84. The van der Waals surface area contributed by atoms with Gasteiger partial charge in [-0.25, -0.2) is 4.98 Å². The average Bonchev–Trinajstić information content (AvgIpc) is 2.58. The van der Waals surface area contributed by atoms with Gasteiger partial charge in [-0.3, -0.25) is 0 Å². The Kier molecular flexibility index (Phi) is 3.92. The van der Waals surface area contributed by atoms with Gasteiger partial charge in [0.15, 0.2) is 5.82 Å². The molecule has 0 saturated heterocycles. The highest BCUT2D eigenvalue weighted by Gasteiger charge is 2.08. The van der Waals surface area contributed by atoms with Crippen LogP contribution in [0.2, 0.25) is 5.02 Å². The highest BCUT2D eigenvalue weighted by molar-refractivity contribution is 6.32. The Bertz CT molecular complexity index is 884. The number of rotatable bonds is 0. The molecule has 0 atom stereocenters. The van der Waals surface area contributed by atoms with Crippen LogP contribution in [-0.4, -0.2) is 16.6 Å². The largest absolute Gasteiger partial charge is 0.493 e. The molecule has 0 radical (unpaired) electrons. The molecular formula is C18H15ClN4O. The summed E-state index contributed by atoms with van der Waals surface area (Å²) in [6.07, 6.45) is 2.39. The van der Waals surface area contributed by atoms with Gasteiger partial charge in [-0.2, -0.15) is 4.98 Å². The van der Waals surface area contributed by atoms with Crippen molar-refractivity contribution >= 4 is 34.7 Å². The standard InChI is InChI=1S/C18H15ClN4O/c19-16-11-20-18-22-14-5-2-6-15(10-14)24-8-7-12-3-1-4-13(9-12)21-17(16)23-18/h1-6,9-11H,7-8H2,(H2,20,21,22,23). The van der Waals surface area contributed by atoms with E-state index in [1.165, 1.54) is 5.56 Å². The second-order valence-electron chi connectivity index (χ2n) is 5.47. The maximum Gasteiger partial charge on any atom is 0.229 e. The lowest BCUT2D eigenvalue weighted by atomic mass is 10.1. The van der Waals surface area contributed by atoms with Crippen molar-refractivity contribution < 1.29 is 4.74 Å². The van der Waals surface area contributed by atoms with Crippen molar-refractivity contribution in [3.05, 3.63) is 65.3 Å². The van der Waals surface area contributed by atoms with Crippen LogP contribution < -0.4 is 15.4 Å². The number of ether oxygens (including phenoxy) is 1.